The molecule has 1 aliphatic heterocycles. The van der Waals surface area contributed by atoms with Crippen LogP contribution in [0.1, 0.15) is 51.9 Å². The van der Waals surface area contributed by atoms with Crippen LogP contribution < -0.4 is 0 Å². The number of ketones is 1. The van der Waals surface area contributed by atoms with Crippen molar-refractivity contribution in [1.82, 2.24) is 0 Å². The molecule has 0 radical (unpaired) electrons. The van der Waals surface area contributed by atoms with Crippen molar-refractivity contribution in [1.29, 1.82) is 0 Å². The maximum atomic E-state index is 13.2. The fraction of sp³-hybridized carbons (Fsp3) is 0.800. The van der Waals surface area contributed by atoms with E-state index in [1.165, 1.54) is 0 Å². The largest absolute Gasteiger partial charge is 0.465 e. The van der Waals surface area contributed by atoms with E-state index in [4.69, 9.17) is 4.74 Å². The average Bonchev–Trinajstić information content (AvgIpc) is 2.57. The second-order valence-corrected chi connectivity index (χ2v) is 9.35. The zero-order valence-corrected chi connectivity index (χ0v) is 14.3. The number of cyclic esters (lactones) is 1. The van der Waals surface area contributed by atoms with Gasteiger partial charge >= 0.3 is 5.97 Å². The molecule has 1 spiro atoms. The molecule has 4 nitrogen and oxygen atoms in total. The van der Waals surface area contributed by atoms with E-state index in [-0.39, 0.29) is 34.9 Å². The Hall–Kier alpha value is -1.16. The number of allylic oxidation sites excluding steroid dienone is 1. The van der Waals surface area contributed by atoms with Gasteiger partial charge in [-0.1, -0.05) is 19.9 Å². The van der Waals surface area contributed by atoms with Gasteiger partial charge in [0.15, 0.2) is 5.78 Å². The SMILES string of the molecule is C=C1C(=O)[C@]23CC[C@H]1CC2C12CCC[C@@](C)(COC1=O)C2C[C@H]3O. The fourth-order valence-corrected chi connectivity index (χ4v) is 7.52. The number of fused-ring (bicyclic) bond motifs is 2. The van der Waals surface area contributed by atoms with Crippen LogP contribution in [0.3, 0.4) is 0 Å². The van der Waals surface area contributed by atoms with Crippen LogP contribution in [0.5, 0.6) is 0 Å². The number of esters is 1. The molecule has 0 aromatic carbocycles. The number of ether oxygens (including phenoxy) is 1. The van der Waals surface area contributed by atoms with Crippen LogP contribution >= 0.6 is 0 Å². The van der Waals surface area contributed by atoms with Gasteiger partial charge < -0.3 is 9.84 Å². The third-order valence-electron chi connectivity index (χ3n) is 8.65. The Morgan fingerprint density at radius 3 is 2.71 bits per heavy atom. The maximum absolute atomic E-state index is 13.2. The van der Waals surface area contributed by atoms with Crippen LogP contribution in [-0.4, -0.2) is 29.6 Å². The second-order valence-electron chi connectivity index (χ2n) is 9.35. The molecule has 7 atom stereocenters. The summed E-state index contributed by atoms with van der Waals surface area (Å²) in [5, 5.41) is 11.1. The van der Waals surface area contributed by atoms with Crippen molar-refractivity contribution >= 4 is 11.8 Å². The number of Topliss-reactive ketones (excluding diaryl/α,β-unsaturated/α-hetero) is 1. The molecule has 4 heteroatoms. The van der Waals surface area contributed by atoms with Crippen LogP contribution in [0.25, 0.3) is 0 Å². The normalized spacial score (nSPS) is 55.7. The zero-order valence-electron chi connectivity index (χ0n) is 14.3. The fourth-order valence-electron chi connectivity index (χ4n) is 7.52. The van der Waals surface area contributed by atoms with Gasteiger partial charge in [0.05, 0.1) is 23.5 Å². The molecule has 24 heavy (non-hydrogen) atoms. The van der Waals surface area contributed by atoms with Gasteiger partial charge in [-0.2, -0.15) is 0 Å². The Kier molecular flexibility index (Phi) is 2.72. The second kappa shape index (κ2) is 4.32. The van der Waals surface area contributed by atoms with Gasteiger partial charge in [0.25, 0.3) is 0 Å². The van der Waals surface area contributed by atoms with Crippen molar-refractivity contribution in [3.8, 4) is 0 Å². The third-order valence-corrected chi connectivity index (χ3v) is 8.65. The highest BCUT2D eigenvalue weighted by Crippen LogP contribution is 2.72. The first-order valence-corrected chi connectivity index (χ1v) is 9.45. The smallest absolute Gasteiger partial charge is 0.312 e. The molecule has 6 rings (SSSR count). The molecular weight excluding hydrogens is 304 g/mol. The van der Waals surface area contributed by atoms with E-state index in [1.807, 2.05) is 0 Å². The molecule has 3 unspecified atom stereocenters. The van der Waals surface area contributed by atoms with Gasteiger partial charge in [0, 0.05) is 5.41 Å². The average molecular weight is 330 g/mol. The molecule has 1 N–H and O–H groups in total. The first kappa shape index (κ1) is 15.1. The summed E-state index contributed by atoms with van der Waals surface area (Å²) < 4.78 is 5.70. The van der Waals surface area contributed by atoms with Crippen molar-refractivity contribution in [3.05, 3.63) is 12.2 Å². The van der Waals surface area contributed by atoms with Crippen LogP contribution in [0.15, 0.2) is 12.2 Å². The van der Waals surface area contributed by atoms with E-state index in [0.717, 1.165) is 32.1 Å². The lowest BCUT2D eigenvalue weighted by Crippen LogP contribution is -2.72. The number of aliphatic hydroxyl groups excluding tert-OH is 1. The lowest BCUT2D eigenvalue weighted by molar-refractivity contribution is -0.254. The molecule has 4 bridgehead atoms. The first-order chi connectivity index (χ1) is 11.4. The Labute approximate surface area is 142 Å². The molecule has 0 aromatic heterocycles. The Balaban J connectivity index is 1.72. The predicted octanol–water partition coefficient (Wildman–Crippen LogP) is 2.64. The highest BCUT2D eigenvalue weighted by molar-refractivity contribution is 6.03. The van der Waals surface area contributed by atoms with Crippen molar-refractivity contribution < 1.29 is 19.4 Å². The summed E-state index contributed by atoms with van der Waals surface area (Å²) in [4.78, 5) is 26.2. The van der Waals surface area contributed by atoms with Gasteiger partial charge in [-0.25, -0.2) is 0 Å². The lowest BCUT2D eigenvalue weighted by atomic mass is 9.35. The van der Waals surface area contributed by atoms with Gasteiger partial charge in [0.2, 0.25) is 0 Å². The van der Waals surface area contributed by atoms with Crippen LogP contribution in [-0.2, 0) is 14.3 Å². The van der Waals surface area contributed by atoms with Gasteiger partial charge in [0.1, 0.15) is 0 Å². The summed E-state index contributed by atoms with van der Waals surface area (Å²) in [6.45, 7) is 6.72. The third kappa shape index (κ3) is 1.39. The first-order valence-electron chi connectivity index (χ1n) is 9.45. The molecule has 0 aromatic rings. The molecule has 6 fully saturated rings. The summed E-state index contributed by atoms with van der Waals surface area (Å²) in [6, 6.07) is 0. The molecule has 5 saturated carbocycles. The Morgan fingerprint density at radius 2 is 1.92 bits per heavy atom. The summed E-state index contributed by atoms with van der Waals surface area (Å²) in [6.07, 6.45) is 5.25. The standard InChI is InChI=1S/C20H26O4/c1-11-12-4-7-20(16(11)22)14(8-12)19-6-3-5-18(2,10-24-17(19)23)13(19)9-15(20)21/h12-15,21H,1,3-10H2,2H3/t12-,13?,14?,15+,18-,19?,20+/m0/s1. The lowest BCUT2D eigenvalue weighted by Gasteiger charge is -2.69. The number of carbonyl (C=O) groups excluding carboxylic acids is 2. The summed E-state index contributed by atoms with van der Waals surface area (Å²) >= 11 is 0. The maximum Gasteiger partial charge on any atom is 0.312 e. The van der Waals surface area contributed by atoms with Gasteiger partial charge in [-0.3, -0.25) is 9.59 Å². The molecule has 130 valence electrons. The molecular formula is C20H26O4. The summed E-state index contributed by atoms with van der Waals surface area (Å²) in [5.41, 5.74) is -0.698. The van der Waals surface area contributed by atoms with Crippen LogP contribution in [0.2, 0.25) is 0 Å². The minimum Gasteiger partial charge on any atom is -0.465 e. The number of hydrogen-bond donors (Lipinski definition) is 1. The Morgan fingerprint density at radius 1 is 1.12 bits per heavy atom. The van der Waals surface area contributed by atoms with E-state index in [9.17, 15) is 14.7 Å². The van der Waals surface area contributed by atoms with E-state index >= 15 is 0 Å². The van der Waals surface area contributed by atoms with E-state index in [2.05, 4.69) is 13.5 Å². The molecule has 5 aliphatic carbocycles. The number of hydrogen-bond acceptors (Lipinski definition) is 4. The molecule has 6 aliphatic rings. The summed E-state index contributed by atoms with van der Waals surface area (Å²) in [5.74, 6) is 0.217. The predicted molar refractivity (Wildman–Crippen MR) is 86.9 cm³/mol. The van der Waals surface area contributed by atoms with Crippen molar-refractivity contribution in [2.24, 2.45) is 34.0 Å². The van der Waals surface area contributed by atoms with Crippen molar-refractivity contribution in [3.63, 3.8) is 0 Å². The number of carbonyl (C=O) groups is 2. The molecule has 0 amide bonds. The van der Waals surface area contributed by atoms with Crippen molar-refractivity contribution in [2.45, 2.75) is 58.0 Å². The minimum atomic E-state index is -0.781. The van der Waals surface area contributed by atoms with Gasteiger partial charge in [-0.15, -0.1) is 0 Å². The molecule has 1 heterocycles. The summed E-state index contributed by atoms with van der Waals surface area (Å²) in [7, 11) is 0. The van der Waals surface area contributed by atoms with Crippen LogP contribution in [0, 0.1) is 34.0 Å². The minimum absolute atomic E-state index is 0.0426. The van der Waals surface area contributed by atoms with E-state index in [1.54, 1.807) is 0 Å². The van der Waals surface area contributed by atoms with E-state index < -0.39 is 16.9 Å². The van der Waals surface area contributed by atoms with E-state index in [0.29, 0.717) is 25.0 Å². The molecule has 1 saturated heterocycles. The number of aliphatic hydroxyl groups is 1. The highest BCUT2D eigenvalue weighted by Gasteiger charge is 2.75. The van der Waals surface area contributed by atoms with Crippen LogP contribution in [0.4, 0.5) is 0 Å². The van der Waals surface area contributed by atoms with Crippen molar-refractivity contribution in [2.75, 3.05) is 6.61 Å². The van der Waals surface area contributed by atoms with Gasteiger partial charge in [-0.05, 0) is 61.9 Å². The topological polar surface area (TPSA) is 63.6 Å². The quantitative estimate of drug-likeness (QED) is 0.548. The zero-order chi connectivity index (χ0) is 16.9. The monoisotopic (exact) mass is 330 g/mol. The number of rotatable bonds is 0. The highest BCUT2D eigenvalue weighted by atomic mass is 16.5. The Bertz CT molecular complexity index is 669.